The average Bonchev–Trinajstić information content (AvgIpc) is 3.28. The molecule has 0 saturated heterocycles. The molecular formula is C13H18N2O4S. The highest BCUT2D eigenvalue weighted by molar-refractivity contribution is 7.89. The van der Waals surface area contributed by atoms with Crippen LogP contribution in [0.2, 0.25) is 0 Å². The second-order valence-electron chi connectivity index (χ2n) is 4.79. The average molecular weight is 298 g/mol. The van der Waals surface area contributed by atoms with Gasteiger partial charge >= 0.3 is 5.97 Å². The molecule has 1 aliphatic rings. The van der Waals surface area contributed by atoms with Crippen molar-refractivity contribution in [3.63, 3.8) is 0 Å². The summed E-state index contributed by atoms with van der Waals surface area (Å²) in [6, 6.07) is 5.68. The molecule has 1 aliphatic carbocycles. The predicted molar refractivity (Wildman–Crippen MR) is 73.7 cm³/mol. The molecular weight excluding hydrogens is 280 g/mol. The number of rotatable bonds is 6. The molecule has 0 bridgehead atoms. The van der Waals surface area contributed by atoms with E-state index in [0.717, 1.165) is 12.8 Å². The van der Waals surface area contributed by atoms with E-state index in [2.05, 4.69) is 9.46 Å². The van der Waals surface area contributed by atoms with Crippen molar-refractivity contribution in [1.82, 2.24) is 4.72 Å². The Morgan fingerprint density at radius 3 is 2.65 bits per heavy atom. The molecule has 6 nitrogen and oxygen atoms in total. The van der Waals surface area contributed by atoms with Crippen molar-refractivity contribution in [2.24, 2.45) is 11.7 Å². The molecule has 7 heteroatoms. The number of sulfonamides is 1. The van der Waals surface area contributed by atoms with Crippen LogP contribution < -0.4 is 10.5 Å². The van der Waals surface area contributed by atoms with Gasteiger partial charge in [0.05, 0.1) is 17.6 Å². The van der Waals surface area contributed by atoms with Crippen LogP contribution in [0, 0.1) is 5.92 Å². The molecule has 110 valence electrons. The third-order valence-corrected chi connectivity index (χ3v) is 4.88. The van der Waals surface area contributed by atoms with Crippen molar-refractivity contribution in [2.75, 3.05) is 13.7 Å². The minimum atomic E-state index is -3.79. The van der Waals surface area contributed by atoms with Crippen LogP contribution in [0.3, 0.4) is 0 Å². The normalized spacial score (nSPS) is 16.7. The van der Waals surface area contributed by atoms with E-state index >= 15 is 0 Å². The van der Waals surface area contributed by atoms with Gasteiger partial charge in [-0.3, -0.25) is 0 Å². The van der Waals surface area contributed by atoms with E-state index in [1.54, 1.807) is 12.1 Å². The maximum atomic E-state index is 12.4. The fraction of sp³-hybridized carbons (Fsp3) is 0.462. The quantitative estimate of drug-likeness (QED) is 0.745. The molecule has 1 saturated carbocycles. The molecule has 2 rings (SSSR count). The Morgan fingerprint density at radius 1 is 1.45 bits per heavy atom. The summed E-state index contributed by atoms with van der Waals surface area (Å²) >= 11 is 0. The molecule has 0 amide bonds. The van der Waals surface area contributed by atoms with Gasteiger partial charge in [-0.2, -0.15) is 0 Å². The van der Waals surface area contributed by atoms with Crippen molar-refractivity contribution in [3.8, 4) is 0 Å². The summed E-state index contributed by atoms with van der Waals surface area (Å²) in [5.41, 5.74) is 5.63. The molecule has 0 heterocycles. The number of benzene rings is 1. The van der Waals surface area contributed by atoms with Crippen LogP contribution in [0.15, 0.2) is 29.2 Å². The van der Waals surface area contributed by atoms with Gasteiger partial charge in [0.1, 0.15) is 0 Å². The number of carbonyl (C=O) groups is 1. The molecule has 1 aromatic carbocycles. The van der Waals surface area contributed by atoms with Crippen LogP contribution in [0.1, 0.15) is 23.2 Å². The highest BCUT2D eigenvalue weighted by Gasteiger charge is 2.34. The summed E-state index contributed by atoms with van der Waals surface area (Å²) in [6.07, 6.45) is 1.95. The number of methoxy groups -OCH3 is 1. The number of ether oxygens (including phenoxy) is 1. The van der Waals surface area contributed by atoms with E-state index in [4.69, 9.17) is 5.73 Å². The Labute approximate surface area is 118 Å². The van der Waals surface area contributed by atoms with Crippen LogP contribution in [-0.4, -0.2) is 34.1 Å². The van der Waals surface area contributed by atoms with Gasteiger partial charge in [0, 0.05) is 12.6 Å². The summed E-state index contributed by atoms with van der Waals surface area (Å²) in [7, 11) is -2.58. The monoisotopic (exact) mass is 298 g/mol. The standard InChI is InChI=1S/C13H18N2O4S/c1-19-13(16)10-4-2-3-5-12(10)20(17,18)15-11(8-14)9-6-7-9/h2-5,9,11,15H,6-8,14H2,1H3. The Bertz CT molecular complexity index is 596. The third-order valence-electron chi connectivity index (χ3n) is 3.33. The summed E-state index contributed by atoms with van der Waals surface area (Å²) in [5.74, 6) is -0.387. The van der Waals surface area contributed by atoms with Gasteiger partial charge in [0.15, 0.2) is 0 Å². The van der Waals surface area contributed by atoms with E-state index < -0.39 is 16.0 Å². The number of esters is 1. The number of carbonyl (C=O) groups excluding carboxylic acids is 1. The molecule has 3 N–H and O–H groups in total. The van der Waals surface area contributed by atoms with Crippen LogP contribution in [-0.2, 0) is 14.8 Å². The first-order valence-corrected chi connectivity index (χ1v) is 7.87. The van der Waals surface area contributed by atoms with Gasteiger partial charge in [0.25, 0.3) is 0 Å². The molecule has 20 heavy (non-hydrogen) atoms. The molecule has 0 radical (unpaired) electrons. The van der Waals surface area contributed by atoms with Crippen molar-refractivity contribution in [2.45, 2.75) is 23.8 Å². The third kappa shape index (κ3) is 3.17. The second kappa shape index (κ2) is 5.90. The van der Waals surface area contributed by atoms with E-state index in [1.807, 2.05) is 0 Å². The largest absolute Gasteiger partial charge is 0.465 e. The van der Waals surface area contributed by atoms with Gasteiger partial charge < -0.3 is 10.5 Å². The zero-order chi connectivity index (χ0) is 14.8. The van der Waals surface area contributed by atoms with E-state index in [-0.39, 0.29) is 23.0 Å². The second-order valence-corrected chi connectivity index (χ2v) is 6.47. The van der Waals surface area contributed by atoms with E-state index in [9.17, 15) is 13.2 Å². The molecule has 0 spiro atoms. The summed E-state index contributed by atoms with van der Waals surface area (Å²) in [6.45, 7) is 0.240. The summed E-state index contributed by atoms with van der Waals surface area (Å²) in [5, 5.41) is 0. The van der Waals surface area contributed by atoms with Gasteiger partial charge in [0.2, 0.25) is 10.0 Å². The van der Waals surface area contributed by atoms with Crippen LogP contribution in [0.5, 0.6) is 0 Å². The van der Waals surface area contributed by atoms with Crippen LogP contribution in [0.4, 0.5) is 0 Å². The Balaban J connectivity index is 2.31. The Morgan fingerprint density at radius 2 is 2.10 bits per heavy atom. The topological polar surface area (TPSA) is 98.5 Å². The van der Waals surface area contributed by atoms with Crippen molar-refractivity contribution in [1.29, 1.82) is 0 Å². The van der Waals surface area contributed by atoms with E-state index in [1.165, 1.54) is 19.2 Å². The van der Waals surface area contributed by atoms with Gasteiger partial charge in [-0.15, -0.1) is 0 Å². The zero-order valence-electron chi connectivity index (χ0n) is 11.2. The van der Waals surface area contributed by atoms with Crippen molar-refractivity contribution >= 4 is 16.0 Å². The maximum Gasteiger partial charge on any atom is 0.339 e. The zero-order valence-corrected chi connectivity index (χ0v) is 12.0. The van der Waals surface area contributed by atoms with Crippen molar-refractivity contribution in [3.05, 3.63) is 29.8 Å². The smallest absolute Gasteiger partial charge is 0.339 e. The lowest BCUT2D eigenvalue weighted by Crippen LogP contribution is -2.42. The summed E-state index contributed by atoms with van der Waals surface area (Å²) < 4.78 is 32.0. The minimum Gasteiger partial charge on any atom is -0.465 e. The molecule has 0 aromatic heterocycles. The number of nitrogens with two attached hydrogens (primary N) is 1. The predicted octanol–water partition coefficient (Wildman–Crippen LogP) is 0.489. The fourth-order valence-corrected chi connectivity index (χ4v) is 3.59. The van der Waals surface area contributed by atoms with Crippen LogP contribution >= 0.6 is 0 Å². The lowest BCUT2D eigenvalue weighted by molar-refractivity contribution is 0.0596. The molecule has 1 aromatic rings. The van der Waals surface area contributed by atoms with Gasteiger partial charge in [-0.1, -0.05) is 12.1 Å². The number of hydrogen-bond acceptors (Lipinski definition) is 5. The minimum absolute atomic E-state index is 0.0223. The lowest BCUT2D eigenvalue weighted by atomic mass is 10.2. The van der Waals surface area contributed by atoms with Gasteiger partial charge in [-0.05, 0) is 30.9 Å². The number of nitrogens with one attached hydrogen (secondary N) is 1. The first kappa shape index (κ1) is 15.0. The first-order valence-electron chi connectivity index (χ1n) is 6.39. The lowest BCUT2D eigenvalue weighted by Gasteiger charge is -2.17. The van der Waals surface area contributed by atoms with Crippen molar-refractivity contribution < 1.29 is 17.9 Å². The maximum absolute atomic E-state index is 12.4. The Hall–Kier alpha value is -1.44. The van der Waals surface area contributed by atoms with E-state index in [0.29, 0.717) is 5.92 Å². The SMILES string of the molecule is COC(=O)c1ccccc1S(=O)(=O)NC(CN)C1CC1. The molecule has 1 fully saturated rings. The highest BCUT2D eigenvalue weighted by atomic mass is 32.2. The molecule has 0 aliphatic heterocycles. The highest BCUT2D eigenvalue weighted by Crippen LogP contribution is 2.33. The first-order chi connectivity index (χ1) is 9.49. The van der Waals surface area contributed by atoms with Gasteiger partial charge in [-0.25, -0.2) is 17.9 Å². The fourth-order valence-electron chi connectivity index (χ4n) is 2.08. The van der Waals surface area contributed by atoms with Crippen LogP contribution in [0.25, 0.3) is 0 Å². The summed E-state index contributed by atoms with van der Waals surface area (Å²) in [4.78, 5) is 11.6. The Kier molecular flexibility index (Phi) is 4.42. The molecule has 1 atom stereocenters. The number of hydrogen-bond donors (Lipinski definition) is 2. The molecule has 1 unspecified atom stereocenters.